The summed E-state index contributed by atoms with van der Waals surface area (Å²) >= 11 is 0. The maximum absolute atomic E-state index is 13.0. The zero-order valence-corrected chi connectivity index (χ0v) is 12.1. The lowest BCUT2D eigenvalue weighted by molar-refractivity contribution is 0.0929. The maximum Gasteiger partial charge on any atom is 0.470 e. The van der Waals surface area contributed by atoms with Gasteiger partial charge in [0, 0.05) is 19.8 Å². The standard InChI is InChI=1S/C8H17F3O3Si2/c1-4-12-16(13-5-2,14-6-3)15-8(11)7(9)10/h4-6,15H2,1-3H3. The van der Waals surface area contributed by atoms with E-state index in [0.717, 1.165) is 0 Å². The Morgan fingerprint density at radius 1 is 0.938 bits per heavy atom. The lowest BCUT2D eigenvalue weighted by Crippen LogP contribution is -2.52. The van der Waals surface area contributed by atoms with Crippen LogP contribution in [0.3, 0.4) is 0 Å². The van der Waals surface area contributed by atoms with E-state index < -0.39 is 28.9 Å². The molecule has 16 heavy (non-hydrogen) atoms. The molecule has 0 unspecified atom stereocenters. The van der Waals surface area contributed by atoms with E-state index >= 15 is 0 Å². The van der Waals surface area contributed by atoms with Gasteiger partial charge >= 0.3 is 8.32 Å². The first-order valence-electron chi connectivity index (χ1n) is 5.12. The number of rotatable bonds is 8. The van der Waals surface area contributed by atoms with Crippen molar-refractivity contribution in [2.24, 2.45) is 0 Å². The summed E-state index contributed by atoms with van der Waals surface area (Å²) in [5.41, 5.74) is -1.39. The van der Waals surface area contributed by atoms with Gasteiger partial charge in [0.2, 0.25) is 0 Å². The third-order valence-electron chi connectivity index (χ3n) is 1.67. The molecule has 0 aliphatic rings. The molecule has 0 bridgehead atoms. The van der Waals surface area contributed by atoms with Crippen molar-refractivity contribution in [2.45, 2.75) is 20.8 Å². The van der Waals surface area contributed by atoms with E-state index in [1.54, 1.807) is 20.8 Å². The average molecular weight is 274 g/mol. The van der Waals surface area contributed by atoms with Crippen LogP contribution in [0.2, 0.25) is 0 Å². The molecule has 0 heterocycles. The van der Waals surface area contributed by atoms with E-state index in [1.165, 1.54) is 0 Å². The first-order valence-corrected chi connectivity index (χ1v) is 9.88. The second-order valence-electron chi connectivity index (χ2n) is 2.82. The van der Waals surface area contributed by atoms with Gasteiger partial charge in [-0.15, -0.1) is 0 Å². The van der Waals surface area contributed by atoms with Gasteiger partial charge in [-0.25, -0.2) is 4.39 Å². The van der Waals surface area contributed by atoms with Crippen molar-refractivity contribution in [1.82, 2.24) is 0 Å². The van der Waals surface area contributed by atoms with Gasteiger partial charge in [0.25, 0.3) is 6.08 Å². The predicted octanol–water partition coefficient (Wildman–Crippen LogP) is 1.74. The molecule has 0 radical (unpaired) electrons. The minimum Gasteiger partial charge on any atom is -0.377 e. The highest BCUT2D eigenvalue weighted by Crippen LogP contribution is 2.16. The van der Waals surface area contributed by atoms with Gasteiger partial charge in [-0.2, -0.15) is 8.78 Å². The summed E-state index contributed by atoms with van der Waals surface area (Å²) in [7, 11) is -5.20. The van der Waals surface area contributed by atoms with Gasteiger partial charge in [0.05, 0.1) is 0 Å². The third-order valence-corrected chi connectivity index (χ3v) is 8.93. The molecule has 0 saturated heterocycles. The molecule has 0 atom stereocenters. The van der Waals surface area contributed by atoms with Crippen molar-refractivity contribution in [3.05, 3.63) is 11.5 Å². The van der Waals surface area contributed by atoms with Crippen LogP contribution in [0, 0.1) is 0 Å². The molecule has 3 nitrogen and oxygen atoms in total. The van der Waals surface area contributed by atoms with Crippen LogP contribution in [-0.2, 0) is 13.3 Å². The zero-order chi connectivity index (χ0) is 12.6. The van der Waals surface area contributed by atoms with Crippen LogP contribution in [0.1, 0.15) is 20.8 Å². The molecule has 0 saturated carbocycles. The summed E-state index contributed by atoms with van der Waals surface area (Å²) in [6.45, 7) is 5.88. The summed E-state index contributed by atoms with van der Waals surface area (Å²) in [6.07, 6.45) is -2.29. The minimum absolute atomic E-state index is 0.264. The Bertz CT molecular complexity index is 218. The summed E-state index contributed by atoms with van der Waals surface area (Å²) in [4.78, 5) is 0. The highest BCUT2D eigenvalue weighted by atomic mass is 29.2. The van der Waals surface area contributed by atoms with E-state index in [2.05, 4.69) is 0 Å². The Hall–Kier alpha value is -0.156. The lowest BCUT2D eigenvalue weighted by atomic mass is 10.9. The molecule has 0 aromatic rings. The topological polar surface area (TPSA) is 27.7 Å². The summed E-state index contributed by atoms with van der Waals surface area (Å²) in [6, 6.07) is 0. The second-order valence-corrected chi connectivity index (χ2v) is 9.69. The molecule has 0 aromatic carbocycles. The molecule has 0 aromatic heterocycles. The summed E-state index contributed by atoms with van der Waals surface area (Å²) < 4.78 is 53.0. The van der Waals surface area contributed by atoms with Crippen molar-refractivity contribution in [1.29, 1.82) is 0 Å². The monoisotopic (exact) mass is 274 g/mol. The Morgan fingerprint density at radius 3 is 1.56 bits per heavy atom. The van der Waals surface area contributed by atoms with Crippen LogP contribution in [0.5, 0.6) is 0 Å². The highest BCUT2D eigenvalue weighted by Gasteiger charge is 2.42. The van der Waals surface area contributed by atoms with Crippen LogP contribution in [0.15, 0.2) is 11.5 Å². The van der Waals surface area contributed by atoms with Gasteiger partial charge < -0.3 is 13.3 Å². The van der Waals surface area contributed by atoms with Crippen molar-refractivity contribution in [2.75, 3.05) is 19.8 Å². The lowest BCUT2D eigenvalue weighted by Gasteiger charge is -2.27. The molecule has 0 aliphatic carbocycles. The van der Waals surface area contributed by atoms with Crippen molar-refractivity contribution in [3.63, 3.8) is 0 Å². The van der Waals surface area contributed by atoms with Gasteiger partial charge in [-0.1, -0.05) is 0 Å². The smallest absolute Gasteiger partial charge is 0.377 e. The van der Waals surface area contributed by atoms with Crippen LogP contribution in [-0.4, -0.2) is 37.2 Å². The van der Waals surface area contributed by atoms with Crippen molar-refractivity contribution < 1.29 is 26.4 Å². The average Bonchev–Trinajstić information content (AvgIpc) is 2.18. The van der Waals surface area contributed by atoms with Gasteiger partial charge in [0.1, 0.15) is 5.45 Å². The van der Waals surface area contributed by atoms with E-state index in [4.69, 9.17) is 13.3 Å². The van der Waals surface area contributed by atoms with E-state index in [1.807, 2.05) is 0 Å². The minimum atomic E-state index is -3.20. The second kappa shape index (κ2) is 8.01. The molecule has 0 fully saturated rings. The van der Waals surface area contributed by atoms with E-state index in [0.29, 0.717) is 0 Å². The van der Waals surface area contributed by atoms with Gasteiger partial charge in [-0.3, -0.25) is 0 Å². The molecule has 0 rings (SSSR count). The largest absolute Gasteiger partial charge is 0.470 e. The Balaban J connectivity index is 4.79. The molecule has 0 N–H and O–H groups in total. The quantitative estimate of drug-likeness (QED) is 0.631. The van der Waals surface area contributed by atoms with Crippen LogP contribution in [0.4, 0.5) is 13.2 Å². The fourth-order valence-electron chi connectivity index (χ4n) is 1.19. The van der Waals surface area contributed by atoms with Crippen LogP contribution >= 0.6 is 0 Å². The van der Waals surface area contributed by atoms with Crippen LogP contribution in [0.25, 0.3) is 0 Å². The molecule has 0 amide bonds. The molecule has 0 spiro atoms. The SMILES string of the molecule is CCO[Si](OCC)(OCC)[SiH2]C(F)=C(F)F. The fourth-order valence-corrected chi connectivity index (χ4v) is 7.88. The van der Waals surface area contributed by atoms with Crippen molar-refractivity contribution >= 4 is 17.4 Å². The Labute approximate surface area is 96.6 Å². The zero-order valence-electron chi connectivity index (χ0n) is 9.69. The van der Waals surface area contributed by atoms with Crippen LogP contribution < -0.4 is 0 Å². The van der Waals surface area contributed by atoms with Gasteiger partial charge in [-0.05, 0) is 20.8 Å². The number of hydrogen-bond donors (Lipinski definition) is 0. The Morgan fingerprint density at radius 2 is 1.31 bits per heavy atom. The summed E-state index contributed by atoms with van der Waals surface area (Å²) in [5.74, 6) is 0. The molecule has 8 heteroatoms. The normalized spacial score (nSPS) is 12.4. The van der Waals surface area contributed by atoms with Gasteiger partial charge in [0.15, 0.2) is 9.04 Å². The number of halogens is 3. The first-order chi connectivity index (χ1) is 7.51. The number of hydrogen-bond acceptors (Lipinski definition) is 3. The third kappa shape index (κ3) is 5.26. The van der Waals surface area contributed by atoms with Crippen molar-refractivity contribution in [3.8, 4) is 0 Å². The van der Waals surface area contributed by atoms with E-state index in [-0.39, 0.29) is 19.8 Å². The molecular formula is C8H17F3O3Si2. The maximum atomic E-state index is 13.0. The molecular weight excluding hydrogens is 257 g/mol. The predicted molar refractivity (Wildman–Crippen MR) is 59.5 cm³/mol. The molecule has 96 valence electrons. The summed E-state index contributed by atoms with van der Waals surface area (Å²) in [5, 5.41) is 0. The van der Waals surface area contributed by atoms with E-state index in [9.17, 15) is 13.2 Å². The Kier molecular flexibility index (Phi) is 7.93. The fraction of sp³-hybridized carbons (Fsp3) is 0.750. The first kappa shape index (κ1) is 15.8. The molecule has 0 aliphatic heterocycles. The highest BCUT2D eigenvalue weighted by molar-refractivity contribution is 7.17.